The molecule has 7 heteroatoms. The monoisotopic (exact) mass is 364 g/mol. The lowest BCUT2D eigenvalue weighted by Gasteiger charge is -2.17. The van der Waals surface area contributed by atoms with E-state index >= 15 is 0 Å². The van der Waals surface area contributed by atoms with Crippen LogP contribution < -0.4 is 10.1 Å². The van der Waals surface area contributed by atoms with Crippen molar-refractivity contribution in [3.05, 3.63) is 45.7 Å². The number of aromatic nitrogens is 1. The molecule has 0 fully saturated rings. The highest BCUT2D eigenvalue weighted by atomic mass is 35.5. The summed E-state index contributed by atoms with van der Waals surface area (Å²) in [7, 11) is 2.85. The van der Waals surface area contributed by atoms with E-state index in [-0.39, 0.29) is 5.78 Å². The predicted octanol–water partition coefficient (Wildman–Crippen LogP) is 3.76. The molecule has 1 aromatic carbocycles. The molecule has 0 unspecified atom stereocenters. The van der Waals surface area contributed by atoms with E-state index in [0.717, 1.165) is 0 Å². The SMILES string of the molecule is COC(=O)c1c(C)[nH]c(C(=O)[C@H](C)Nc2cc(Cl)ccc2OC)c1C. The summed E-state index contributed by atoms with van der Waals surface area (Å²) >= 11 is 6.02. The molecule has 1 atom stereocenters. The summed E-state index contributed by atoms with van der Waals surface area (Å²) in [5, 5.41) is 3.63. The number of ketones is 1. The summed E-state index contributed by atoms with van der Waals surface area (Å²) in [6, 6.07) is 4.56. The Morgan fingerprint density at radius 2 is 1.92 bits per heavy atom. The number of nitrogens with one attached hydrogen (secondary N) is 2. The fourth-order valence-corrected chi connectivity index (χ4v) is 2.89. The van der Waals surface area contributed by atoms with Crippen molar-refractivity contribution in [3.8, 4) is 5.75 Å². The first-order chi connectivity index (χ1) is 11.8. The van der Waals surface area contributed by atoms with Crippen LogP contribution in [0, 0.1) is 13.8 Å². The highest BCUT2D eigenvalue weighted by molar-refractivity contribution is 6.31. The number of carbonyl (C=O) groups is 2. The van der Waals surface area contributed by atoms with Crippen LogP contribution in [0.3, 0.4) is 0 Å². The Balaban J connectivity index is 2.30. The number of aromatic amines is 1. The molecule has 2 rings (SSSR count). The maximum absolute atomic E-state index is 12.8. The van der Waals surface area contributed by atoms with Crippen molar-refractivity contribution in [2.75, 3.05) is 19.5 Å². The van der Waals surface area contributed by atoms with Gasteiger partial charge in [0.05, 0.1) is 37.2 Å². The topological polar surface area (TPSA) is 80.4 Å². The van der Waals surface area contributed by atoms with Crippen molar-refractivity contribution in [3.63, 3.8) is 0 Å². The molecular weight excluding hydrogens is 344 g/mol. The number of carbonyl (C=O) groups excluding carboxylic acids is 2. The summed E-state index contributed by atoms with van der Waals surface area (Å²) in [5.74, 6) is -0.0705. The molecule has 0 aliphatic heterocycles. The Bertz CT molecular complexity index is 814. The number of hydrogen-bond acceptors (Lipinski definition) is 5. The van der Waals surface area contributed by atoms with E-state index in [1.807, 2.05) is 0 Å². The van der Waals surface area contributed by atoms with E-state index in [9.17, 15) is 9.59 Å². The van der Waals surface area contributed by atoms with Gasteiger partial charge in [0.15, 0.2) is 0 Å². The third-order valence-corrected chi connectivity index (χ3v) is 4.24. The lowest BCUT2D eigenvalue weighted by Crippen LogP contribution is -2.27. The van der Waals surface area contributed by atoms with Crippen molar-refractivity contribution in [1.29, 1.82) is 0 Å². The quantitative estimate of drug-likeness (QED) is 0.602. The molecule has 0 amide bonds. The van der Waals surface area contributed by atoms with Crippen LogP contribution in [0.15, 0.2) is 18.2 Å². The van der Waals surface area contributed by atoms with E-state index in [0.29, 0.717) is 39.0 Å². The fourth-order valence-electron chi connectivity index (χ4n) is 2.71. The van der Waals surface area contributed by atoms with Crippen LogP contribution in [0.5, 0.6) is 5.75 Å². The van der Waals surface area contributed by atoms with Crippen LogP contribution in [0.25, 0.3) is 0 Å². The molecule has 0 bridgehead atoms. The Hall–Kier alpha value is -2.47. The lowest BCUT2D eigenvalue weighted by atomic mass is 10.0. The van der Waals surface area contributed by atoms with Crippen LogP contribution in [-0.2, 0) is 4.74 Å². The van der Waals surface area contributed by atoms with Gasteiger partial charge in [0, 0.05) is 10.7 Å². The van der Waals surface area contributed by atoms with Crippen LogP contribution in [0.2, 0.25) is 5.02 Å². The maximum Gasteiger partial charge on any atom is 0.339 e. The van der Waals surface area contributed by atoms with Crippen LogP contribution in [-0.4, -0.2) is 37.0 Å². The van der Waals surface area contributed by atoms with E-state index in [4.69, 9.17) is 21.1 Å². The van der Waals surface area contributed by atoms with Gasteiger partial charge in [-0.3, -0.25) is 4.79 Å². The van der Waals surface area contributed by atoms with Gasteiger partial charge in [0.25, 0.3) is 0 Å². The molecule has 0 saturated carbocycles. The number of Topliss-reactive ketones (excluding diaryl/α,β-unsaturated/α-hetero) is 1. The number of aryl methyl sites for hydroxylation is 1. The van der Waals surface area contributed by atoms with Gasteiger partial charge < -0.3 is 19.8 Å². The molecule has 2 aromatic rings. The number of esters is 1. The van der Waals surface area contributed by atoms with Gasteiger partial charge in [-0.2, -0.15) is 0 Å². The Morgan fingerprint density at radius 1 is 1.24 bits per heavy atom. The molecule has 134 valence electrons. The zero-order valence-electron chi connectivity index (χ0n) is 14.8. The second-order valence-corrected chi connectivity index (χ2v) is 6.13. The average Bonchev–Trinajstić information content (AvgIpc) is 2.88. The van der Waals surface area contributed by atoms with Gasteiger partial charge in [-0.15, -0.1) is 0 Å². The number of methoxy groups -OCH3 is 2. The minimum absolute atomic E-state index is 0.183. The van der Waals surface area contributed by atoms with Gasteiger partial charge in [-0.1, -0.05) is 11.6 Å². The summed E-state index contributed by atoms with van der Waals surface area (Å²) < 4.78 is 10.1. The van der Waals surface area contributed by atoms with Gasteiger partial charge in [0.1, 0.15) is 5.75 Å². The first-order valence-corrected chi connectivity index (χ1v) is 8.09. The van der Waals surface area contributed by atoms with Gasteiger partial charge in [-0.25, -0.2) is 4.79 Å². The number of ether oxygens (including phenoxy) is 2. The molecule has 0 aliphatic rings. The van der Waals surface area contributed by atoms with Gasteiger partial charge in [0.2, 0.25) is 5.78 Å². The van der Waals surface area contributed by atoms with Crippen LogP contribution in [0.4, 0.5) is 5.69 Å². The molecule has 1 heterocycles. The fraction of sp³-hybridized carbons (Fsp3) is 0.333. The molecule has 0 aliphatic carbocycles. The summed E-state index contributed by atoms with van der Waals surface area (Å²) in [5.41, 5.74) is 2.54. The average molecular weight is 365 g/mol. The Kier molecular flexibility index (Phi) is 5.74. The molecule has 6 nitrogen and oxygen atoms in total. The molecule has 25 heavy (non-hydrogen) atoms. The normalized spacial score (nSPS) is 11.8. The smallest absolute Gasteiger partial charge is 0.339 e. The molecule has 0 radical (unpaired) electrons. The van der Waals surface area contributed by atoms with Gasteiger partial charge in [-0.05, 0) is 44.5 Å². The van der Waals surface area contributed by atoms with E-state index in [1.165, 1.54) is 7.11 Å². The van der Waals surface area contributed by atoms with Crippen molar-refractivity contribution >= 4 is 29.0 Å². The summed E-state index contributed by atoms with van der Waals surface area (Å²) in [6.45, 7) is 5.18. The van der Waals surface area contributed by atoms with E-state index in [2.05, 4.69) is 10.3 Å². The number of rotatable bonds is 6. The minimum Gasteiger partial charge on any atom is -0.495 e. The van der Waals surface area contributed by atoms with Crippen molar-refractivity contribution in [2.45, 2.75) is 26.8 Å². The number of benzene rings is 1. The largest absolute Gasteiger partial charge is 0.495 e. The molecule has 2 N–H and O–H groups in total. The second kappa shape index (κ2) is 7.61. The predicted molar refractivity (Wildman–Crippen MR) is 97.0 cm³/mol. The number of halogens is 1. The second-order valence-electron chi connectivity index (χ2n) is 5.69. The third kappa shape index (κ3) is 3.79. The van der Waals surface area contributed by atoms with Crippen molar-refractivity contribution in [2.24, 2.45) is 0 Å². The van der Waals surface area contributed by atoms with Crippen LogP contribution >= 0.6 is 11.6 Å². The standard InChI is InChI=1S/C18H21ClN2O4/c1-9-15(18(23)25-5)10(2)21-16(9)17(22)11(3)20-13-8-12(19)6-7-14(13)24-4/h6-8,11,20-21H,1-5H3/t11-/m0/s1. The summed E-state index contributed by atoms with van der Waals surface area (Å²) in [4.78, 5) is 27.7. The van der Waals surface area contributed by atoms with E-state index < -0.39 is 12.0 Å². The number of hydrogen-bond donors (Lipinski definition) is 2. The third-order valence-electron chi connectivity index (χ3n) is 4.00. The zero-order chi connectivity index (χ0) is 18.7. The lowest BCUT2D eigenvalue weighted by molar-refractivity contribution is 0.0599. The van der Waals surface area contributed by atoms with E-state index in [1.54, 1.807) is 46.1 Å². The number of H-pyrrole nitrogens is 1. The molecule has 0 spiro atoms. The minimum atomic E-state index is -0.561. The Labute approximate surface area is 151 Å². The first kappa shape index (κ1) is 18.9. The zero-order valence-corrected chi connectivity index (χ0v) is 15.6. The molecule has 0 saturated heterocycles. The summed E-state index contributed by atoms with van der Waals surface area (Å²) in [6.07, 6.45) is 0. The van der Waals surface area contributed by atoms with Gasteiger partial charge >= 0.3 is 5.97 Å². The molecular formula is C18H21ClN2O4. The number of anilines is 1. The van der Waals surface area contributed by atoms with Crippen molar-refractivity contribution in [1.82, 2.24) is 4.98 Å². The first-order valence-electron chi connectivity index (χ1n) is 7.71. The Morgan fingerprint density at radius 3 is 2.52 bits per heavy atom. The molecule has 1 aromatic heterocycles. The van der Waals surface area contributed by atoms with Crippen LogP contribution in [0.1, 0.15) is 39.0 Å². The maximum atomic E-state index is 12.8. The van der Waals surface area contributed by atoms with Crippen molar-refractivity contribution < 1.29 is 19.1 Å². The highest BCUT2D eigenvalue weighted by Gasteiger charge is 2.25. The highest BCUT2D eigenvalue weighted by Crippen LogP contribution is 2.29.